The van der Waals surface area contributed by atoms with Crippen LogP contribution in [0.4, 0.5) is 0 Å². The van der Waals surface area contributed by atoms with Gasteiger partial charge in [-0.25, -0.2) is 0 Å². The lowest BCUT2D eigenvalue weighted by molar-refractivity contribution is 0.0771. The Bertz CT molecular complexity index is 175. The number of ether oxygens (including phenoxy) is 1. The Kier molecular flexibility index (Phi) is 2.13. The van der Waals surface area contributed by atoms with Crippen molar-refractivity contribution in [1.82, 2.24) is 0 Å². The van der Waals surface area contributed by atoms with Gasteiger partial charge in [-0.15, -0.1) is 0 Å². The number of rotatable bonds is 1. The Morgan fingerprint density at radius 3 is 2.82 bits per heavy atom. The van der Waals surface area contributed by atoms with Gasteiger partial charge in [0.2, 0.25) is 0 Å². The lowest BCUT2D eigenvalue weighted by atomic mass is 10.2. The standard InChI is InChI=1S/C8H10Cl2O/c9-7(10)4-6-5-2-1-3-11-8(5)6/h4-6,8H,1-3H2/t5-,6-,8-/m1/s1. The van der Waals surface area contributed by atoms with Gasteiger partial charge < -0.3 is 4.74 Å². The molecule has 2 aliphatic rings. The van der Waals surface area contributed by atoms with Crippen LogP contribution in [0.2, 0.25) is 0 Å². The van der Waals surface area contributed by atoms with Crippen LogP contribution < -0.4 is 0 Å². The van der Waals surface area contributed by atoms with Crippen LogP contribution in [-0.2, 0) is 4.74 Å². The van der Waals surface area contributed by atoms with Gasteiger partial charge in [0.15, 0.2) is 0 Å². The first-order valence-corrected chi connectivity index (χ1v) is 4.69. The van der Waals surface area contributed by atoms with E-state index in [4.69, 9.17) is 27.9 Å². The van der Waals surface area contributed by atoms with Crippen molar-refractivity contribution in [3.63, 3.8) is 0 Å². The summed E-state index contributed by atoms with van der Waals surface area (Å²) in [4.78, 5) is 0. The van der Waals surface area contributed by atoms with E-state index < -0.39 is 0 Å². The van der Waals surface area contributed by atoms with E-state index in [9.17, 15) is 0 Å². The third-order valence-electron chi connectivity index (χ3n) is 2.47. The zero-order valence-corrected chi connectivity index (χ0v) is 7.61. The molecule has 3 atom stereocenters. The van der Waals surface area contributed by atoms with E-state index in [0.29, 0.717) is 22.4 Å². The van der Waals surface area contributed by atoms with Crippen LogP contribution in [0.5, 0.6) is 0 Å². The normalized spacial score (nSPS) is 41.1. The molecule has 0 radical (unpaired) electrons. The van der Waals surface area contributed by atoms with Crippen LogP contribution in [-0.4, -0.2) is 12.7 Å². The Morgan fingerprint density at radius 2 is 2.27 bits per heavy atom. The highest BCUT2D eigenvalue weighted by Gasteiger charge is 2.51. The molecule has 0 aromatic carbocycles. The minimum absolute atomic E-state index is 0.382. The molecule has 0 N–H and O–H groups in total. The first-order chi connectivity index (χ1) is 5.29. The largest absolute Gasteiger partial charge is 0.377 e. The predicted octanol–water partition coefficient (Wildman–Crippen LogP) is 2.73. The van der Waals surface area contributed by atoms with Crippen molar-refractivity contribution in [2.24, 2.45) is 11.8 Å². The second kappa shape index (κ2) is 2.96. The van der Waals surface area contributed by atoms with E-state index in [0.717, 1.165) is 6.61 Å². The zero-order valence-electron chi connectivity index (χ0n) is 6.09. The quantitative estimate of drug-likeness (QED) is 0.622. The third-order valence-corrected chi connectivity index (χ3v) is 2.72. The van der Waals surface area contributed by atoms with Crippen LogP contribution in [0, 0.1) is 11.8 Å². The van der Waals surface area contributed by atoms with Gasteiger partial charge in [0.1, 0.15) is 4.49 Å². The van der Waals surface area contributed by atoms with Gasteiger partial charge in [-0.1, -0.05) is 23.2 Å². The summed E-state index contributed by atoms with van der Waals surface area (Å²) in [5.41, 5.74) is 0. The van der Waals surface area contributed by atoms with Crippen molar-refractivity contribution in [3.8, 4) is 0 Å². The first-order valence-electron chi connectivity index (χ1n) is 3.93. The van der Waals surface area contributed by atoms with E-state index in [2.05, 4.69) is 0 Å². The number of hydrogen-bond acceptors (Lipinski definition) is 1. The monoisotopic (exact) mass is 192 g/mol. The van der Waals surface area contributed by atoms with Gasteiger partial charge in [-0.05, 0) is 24.8 Å². The maximum absolute atomic E-state index is 5.55. The van der Waals surface area contributed by atoms with Crippen molar-refractivity contribution in [3.05, 3.63) is 10.6 Å². The van der Waals surface area contributed by atoms with Crippen molar-refractivity contribution in [2.45, 2.75) is 18.9 Å². The average molecular weight is 193 g/mol. The molecule has 62 valence electrons. The van der Waals surface area contributed by atoms with Gasteiger partial charge in [0.25, 0.3) is 0 Å². The summed E-state index contributed by atoms with van der Waals surface area (Å²) in [5.74, 6) is 1.21. The summed E-state index contributed by atoms with van der Waals surface area (Å²) in [6, 6.07) is 0. The molecule has 0 spiro atoms. The van der Waals surface area contributed by atoms with E-state index in [1.165, 1.54) is 12.8 Å². The van der Waals surface area contributed by atoms with Crippen molar-refractivity contribution in [2.75, 3.05) is 6.61 Å². The molecule has 0 aromatic rings. The molecule has 0 unspecified atom stereocenters. The van der Waals surface area contributed by atoms with Gasteiger partial charge in [0, 0.05) is 12.5 Å². The highest BCUT2D eigenvalue weighted by Crippen LogP contribution is 2.49. The number of fused-ring (bicyclic) bond motifs is 1. The Hall–Kier alpha value is 0.280. The molecule has 1 saturated heterocycles. The van der Waals surface area contributed by atoms with Crippen molar-refractivity contribution in [1.29, 1.82) is 0 Å². The first kappa shape index (κ1) is 7.90. The smallest absolute Gasteiger partial charge is 0.103 e. The Morgan fingerprint density at radius 1 is 1.45 bits per heavy atom. The molecule has 1 aliphatic carbocycles. The second-order valence-electron chi connectivity index (χ2n) is 3.18. The molecular formula is C8H10Cl2O. The molecule has 2 fully saturated rings. The minimum Gasteiger partial charge on any atom is -0.377 e. The molecule has 11 heavy (non-hydrogen) atoms. The maximum atomic E-state index is 5.55. The second-order valence-corrected chi connectivity index (χ2v) is 4.18. The van der Waals surface area contributed by atoms with Gasteiger partial charge in [0.05, 0.1) is 6.10 Å². The SMILES string of the molecule is ClC(Cl)=C[C@@H]1[C@H]2CCCO[C@@H]12. The van der Waals surface area contributed by atoms with E-state index in [-0.39, 0.29) is 0 Å². The zero-order chi connectivity index (χ0) is 7.84. The van der Waals surface area contributed by atoms with Gasteiger partial charge in [-0.3, -0.25) is 0 Å². The van der Waals surface area contributed by atoms with Crippen molar-refractivity contribution >= 4 is 23.2 Å². The summed E-state index contributed by atoms with van der Waals surface area (Å²) in [5, 5.41) is 0. The molecule has 0 bridgehead atoms. The third kappa shape index (κ3) is 1.56. The molecule has 0 aromatic heterocycles. The highest BCUT2D eigenvalue weighted by atomic mass is 35.5. The van der Waals surface area contributed by atoms with Crippen LogP contribution in [0.1, 0.15) is 12.8 Å². The molecule has 3 heteroatoms. The Labute approximate surface area is 76.3 Å². The summed E-state index contributed by atoms with van der Waals surface area (Å²) in [7, 11) is 0. The summed E-state index contributed by atoms with van der Waals surface area (Å²) in [6.07, 6.45) is 4.79. The molecule has 0 amide bonds. The number of halogens is 2. The van der Waals surface area contributed by atoms with Crippen LogP contribution in [0.25, 0.3) is 0 Å². The Balaban J connectivity index is 1.95. The van der Waals surface area contributed by atoms with Crippen LogP contribution in [0.15, 0.2) is 10.6 Å². The van der Waals surface area contributed by atoms with E-state index in [1.54, 1.807) is 0 Å². The number of hydrogen-bond donors (Lipinski definition) is 0. The molecule has 1 saturated carbocycles. The summed E-state index contributed by atoms with van der Waals surface area (Å²) < 4.78 is 5.89. The molecule has 1 aliphatic heterocycles. The fourth-order valence-electron chi connectivity index (χ4n) is 1.86. The lowest BCUT2D eigenvalue weighted by Gasteiger charge is -2.07. The summed E-state index contributed by atoms with van der Waals surface area (Å²) in [6.45, 7) is 0.908. The maximum Gasteiger partial charge on any atom is 0.103 e. The lowest BCUT2D eigenvalue weighted by Crippen LogP contribution is -2.05. The van der Waals surface area contributed by atoms with E-state index in [1.807, 2.05) is 6.08 Å². The minimum atomic E-state index is 0.382. The topological polar surface area (TPSA) is 9.23 Å². The van der Waals surface area contributed by atoms with Crippen molar-refractivity contribution < 1.29 is 4.74 Å². The molecule has 2 rings (SSSR count). The van der Waals surface area contributed by atoms with E-state index >= 15 is 0 Å². The predicted molar refractivity (Wildman–Crippen MR) is 45.7 cm³/mol. The van der Waals surface area contributed by atoms with Gasteiger partial charge in [-0.2, -0.15) is 0 Å². The van der Waals surface area contributed by atoms with Gasteiger partial charge >= 0.3 is 0 Å². The van der Waals surface area contributed by atoms with Crippen LogP contribution >= 0.6 is 23.2 Å². The fourth-order valence-corrected chi connectivity index (χ4v) is 2.15. The average Bonchev–Trinajstić information content (AvgIpc) is 2.64. The van der Waals surface area contributed by atoms with Crippen LogP contribution in [0.3, 0.4) is 0 Å². The molecular weight excluding hydrogens is 183 g/mol. The fraction of sp³-hybridized carbons (Fsp3) is 0.750. The highest BCUT2D eigenvalue weighted by molar-refractivity contribution is 6.55. The molecule has 1 heterocycles. The molecule has 1 nitrogen and oxygen atoms in total. The summed E-state index contributed by atoms with van der Waals surface area (Å²) >= 11 is 11.1.